The van der Waals surface area contributed by atoms with Gasteiger partial charge in [-0.1, -0.05) is 117 Å². The molecule has 0 unspecified atom stereocenters. The average molecular weight is 604 g/mol. The predicted octanol–water partition coefficient (Wildman–Crippen LogP) is 11.1. The summed E-state index contributed by atoms with van der Waals surface area (Å²) in [6, 6.07) is 49.1. The standard InChI is InChI=1S/C43H29N3O/c1-43(2)33-20-10-6-18-29(33)39-40(26-14-4-3-5-15-26)44-42(45-41(39)43)30-19-8-12-22-35(30)46-34-21-11-7-16-27(34)31-24-32-28-17-9-13-23-37(28)47-38(32)25-36(31)46/h3-25H,1-2H3. The van der Waals surface area contributed by atoms with Crippen molar-refractivity contribution in [1.29, 1.82) is 0 Å². The highest BCUT2D eigenvalue weighted by atomic mass is 16.3. The molecule has 4 nitrogen and oxygen atoms in total. The van der Waals surface area contributed by atoms with Crippen LogP contribution in [0.25, 0.3) is 83.2 Å². The van der Waals surface area contributed by atoms with E-state index in [1.54, 1.807) is 0 Å². The predicted molar refractivity (Wildman–Crippen MR) is 192 cm³/mol. The summed E-state index contributed by atoms with van der Waals surface area (Å²) in [6.07, 6.45) is 0. The molecule has 0 amide bonds. The molecule has 0 saturated heterocycles. The Hall–Kier alpha value is -6.00. The quantitative estimate of drug-likeness (QED) is 0.202. The van der Waals surface area contributed by atoms with Crippen LogP contribution >= 0.6 is 0 Å². The second-order valence-corrected chi connectivity index (χ2v) is 13.0. The minimum atomic E-state index is -0.276. The average Bonchev–Trinajstić information content (AvgIpc) is 3.72. The molecule has 0 saturated carbocycles. The molecule has 0 radical (unpaired) electrons. The Balaban J connectivity index is 1.28. The summed E-state index contributed by atoms with van der Waals surface area (Å²) in [5.41, 5.74) is 12.4. The third-order valence-corrected chi connectivity index (χ3v) is 9.97. The first kappa shape index (κ1) is 26.2. The lowest BCUT2D eigenvalue weighted by Gasteiger charge is -2.21. The SMILES string of the molecule is CC1(C)c2ccccc2-c2c(-c3ccccc3)nc(-c3ccccc3-n3c4ccccc4c4cc5c(cc43)oc3ccccc35)nc21. The Morgan fingerprint density at radius 3 is 2.13 bits per heavy atom. The molecule has 0 fully saturated rings. The van der Waals surface area contributed by atoms with Crippen LogP contribution in [0.2, 0.25) is 0 Å². The van der Waals surface area contributed by atoms with Gasteiger partial charge < -0.3 is 8.98 Å². The number of nitrogens with zero attached hydrogens (tertiary/aromatic N) is 3. The maximum Gasteiger partial charge on any atom is 0.162 e. The molecule has 1 aliphatic carbocycles. The van der Waals surface area contributed by atoms with Crippen LogP contribution in [0.15, 0.2) is 144 Å². The van der Waals surface area contributed by atoms with E-state index in [1.807, 2.05) is 12.1 Å². The van der Waals surface area contributed by atoms with Gasteiger partial charge in [0.15, 0.2) is 5.82 Å². The minimum Gasteiger partial charge on any atom is -0.456 e. The van der Waals surface area contributed by atoms with Gasteiger partial charge >= 0.3 is 0 Å². The summed E-state index contributed by atoms with van der Waals surface area (Å²) in [7, 11) is 0. The largest absolute Gasteiger partial charge is 0.456 e. The van der Waals surface area contributed by atoms with Crippen molar-refractivity contribution in [3.63, 3.8) is 0 Å². The van der Waals surface area contributed by atoms with Gasteiger partial charge in [-0.3, -0.25) is 0 Å². The molecule has 0 N–H and O–H groups in total. The summed E-state index contributed by atoms with van der Waals surface area (Å²) < 4.78 is 8.75. The van der Waals surface area contributed by atoms with Gasteiger partial charge in [-0.2, -0.15) is 0 Å². The molecule has 9 aromatic rings. The van der Waals surface area contributed by atoms with Gasteiger partial charge in [-0.05, 0) is 41.5 Å². The number of fused-ring (bicyclic) bond motifs is 9. The van der Waals surface area contributed by atoms with Crippen LogP contribution in [-0.2, 0) is 5.41 Å². The molecule has 3 aromatic heterocycles. The molecule has 1 aliphatic rings. The third kappa shape index (κ3) is 3.64. The Kier molecular flexibility index (Phi) is 5.31. The summed E-state index contributed by atoms with van der Waals surface area (Å²) in [6.45, 7) is 4.56. The molecule has 4 heteroatoms. The zero-order valence-electron chi connectivity index (χ0n) is 26.0. The lowest BCUT2D eigenvalue weighted by Crippen LogP contribution is -2.17. The molecule has 222 valence electrons. The Morgan fingerprint density at radius 1 is 0.553 bits per heavy atom. The number of aromatic nitrogens is 3. The van der Waals surface area contributed by atoms with E-state index in [1.165, 1.54) is 21.9 Å². The van der Waals surface area contributed by atoms with E-state index >= 15 is 0 Å². The first-order valence-electron chi connectivity index (χ1n) is 16.1. The highest BCUT2D eigenvalue weighted by Gasteiger charge is 2.39. The second-order valence-electron chi connectivity index (χ2n) is 13.0. The molecule has 10 rings (SSSR count). The van der Waals surface area contributed by atoms with E-state index in [2.05, 4.69) is 146 Å². The second kappa shape index (κ2) is 9.51. The lowest BCUT2D eigenvalue weighted by molar-refractivity contribution is 0.636. The summed E-state index contributed by atoms with van der Waals surface area (Å²) in [5.74, 6) is 0.717. The topological polar surface area (TPSA) is 43.9 Å². The third-order valence-electron chi connectivity index (χ3n) is 9.97. The number of benzene rings is 6. The van der Waals surface area contributed by atoms with Crippen molar-refractivity contribution < 1.29 is 4.42 Å². The van der Waals surface area contributed by atoms with Crippen LogP contribution in [0.5, 0.6) is 0 Å². The van der Waals surface area contributed by atoms with E-state index in [0.29, 0.717) is 0 Å². The van der Waals surface area contributed by atoms with E-state index in [-0.39, 0.29) is 5.41 Å². The maximum atomic E-state index is 6.39. The zero-order chi connectivity index (χ0) is 31.3. The van der Waals surface area contributed by atoms with Crippen molar-refractivity contribution in [1.82, 2.24) is 14.5 Å². The van der Waals surface area contributed by atoms with Gasteiger partial charge in [0.2, 0.25) is 0 Å². The van der Waals surface area contributed by atoms with Crippen LogP contribution in [0.3, 0.4) is 0 Å². The maximum absolute atomic E-state index is 6.39. The van der Waals surface area contributed by atoms with Crippen molar-refractivity contribution in [2.24, 2.45) is 0 Å². The van der Waals surface area contributed by atoms with Gasteiger partial charge in [-0.15, -0.1) is 0 Å². The van der Waals surface area contributed by atoms with Gasteiger partial charge in [0.25, 0.3) is 0 Å². The van der Waals surface area contributed by atoms with Crippen LogP contribution in [0, 0.1) is 0 Å². The fraction of sp³-hybridized carbons (Fsp3) is 0.0698. The Bertz CT molecular complexity index is 2710. The number of rotatable bonds is 3. The summed E-state index contributed by atoms with van der Waals surface area (Å²) >= 11 is 0. The van der Waals surface area contributed by atoms with E-state index in [4.69, 9.17) is 14.4 Å². The normalized spacial score (nSPS) is 13.5. The van der Waals surface area contributed by atoms with Crippen molar-refractivity contribution >= 4 is 43.7 Å². The first-order valence-corrected chi connectivity index (χ1v) is 16.1. The number of hydrogen-bond acceptors (Lipinski definition) is 3. The molecular formula is C43H29N3O. The molecule has 47 heavy (non-hydrogen) atoms. The minimum absolute atomic E-state index is 0.276. The number of hydrogen-bond donors (Lipinski definition) is 0. The Labute approximate surface area is 271 Å². The van der Waals surface area contributed by atoms with Crippen molar-refractivity contribution in [2.45, 2.75) is 19.3 Å². The van der Waals surface area contributed by atoms with Crippen LogP contribution in [0.4, 0.5) is 0 Å². The van der Waals surface area contributed by atoms with Gasteiger partial charge in [0.1, 0.15) is 11.2 Å². The number of furan rings is 1. The molecular weight excluding hydrogens is 574 g/mol. The monoisotopic (exact) mass is 603 g/mol. The van der Waals surface area contributed by atoms with Gasteiger partial charge in [0.05, 0.1) is 28.1 Å². The van der Waals surface area contributed by atoms with Crippen LogP contribution in [-0.4, -0.2) is 14.5 Å². The zero-order valence-corrected chi connectivity index (χ0v) is 26.0. The molecule has 0 aliphatic heterocycles. The molecule has 6 aromatic carbocycles. The molecule has 3 heterocycles. The van der Waals surface area contributed by atoms with E-state index < -0.39 is 0 Å². The smallest absolute Gasteiger partial charge is 0.162 e. The van der Waals surface area contributed by atoms with Crippen molar-refractivity contribution in [3.8, 4) is 39.5 Å². The fourth-order valence-electron chi connectivity index (χ4n) is 7.77. The fourth-order valence-corrected chi connectivity index (χ4v) is 7.77. The highest BCUT2D eigenvalue weighted by molar-refractivity contribution is 6.17. The number of para-hydroxylation sites is 3. The lowest BCUT2D eigenvalue weighted by atomic mass is 9.85. The molecule has 0 atom stereocenters. The van der Waals surface area contributed by atoms with Crippen molar-refractivity contribution in [2.75, 3.05) is 0 Å². The molecule has 0 bridgehead atoms. The van der Waals surface area contributed by atoms with E-state index in [0.717, 1.165) is 72.6 Å². The first-order chi connectivity index (χ1) is 23.1. The van der Waals surface area contributed by atoms with Crippen molar-refractivity contribution in [3.05, 3.63) is 151 Å². The summed E-state index contributed by atoms with van der Waals surface area (Å²) in [4.78, 5) is 10.9. The molecule has 0 spiro atoms. The van der Waals surface area contributed by atoms with Gasteiger partial charge in [-0.25, -0.2) is 9.97 Å². The van der Waals surface area contributed by atoms with Crippen LogP contribution in [0.1, 0.15) is 25.1 Å². The van der Waals surface area contributed by atoms with Gasteiger partial charge in [0, 0.05) is 49.7 Å². The summed E-state index contributed by atoms with van der Waals surface area (Å²) in [5, 5.41) is 4.64. The van der Waals surface area contributed by atoms with E-state index in [9.17, 15) is 0 Å². The Morgan fingerprint density at radius 2 is 1.26 bits per heavy atom. The van der Waals surface area contributed by atoms with Crippen LogP contribution < -0.4 is 0 Å². The highest BCUT2D eigenvalue weighted by Crippen LogP contribution is 2.51.